The van der Waals surface area contributed by atoms with Gasteiger partial charge in [-0.05, 0) is 13.8 Å². The van der Waals surface area contributed by atoms with Gasteiger partial charge < -0.3 is 35.2 Å². The van der Waals surface area contributed by atoms with Gasteiger partial charge in [0.15, 0.2) is 6.10 Å². The summed E-state index contributed by atoms with van der Waals surface area (Å²) in [5.74, 6) is -3.35. The number of amides is 1. The zero-order chi connectivity index (χ0) is 23.8. The maximum absolute atomic E-state index is 13.2. The number of ketones is 2. The average molecular weight is 447 g/mol. The van der Waals surface area contributed by atoms with Crippen molar-refractivity contribution in [2.45, 2.75) is 49.6 Å². The summed E-state index contributed by atoms with van der Waals surface area (Å²) in [5, 5.41) is 43.3. The van der Waals surface area contributed by atoms with Crippen LogP contribution >= 0.6 is 0 Å². The fraction of sp³-hybridized carbons (Fsp3) is 0.409. The number of ether oxygens (including phenoxy) is 2. The van der Waals surface area contributed by atoms with Crippen molar-refractivity contribution in [3.05, 3.63) is 59.4 Å². The predicted octanol–water partition coefficient (Wildman–Crippen LogP) is -1.03. The number of aliphatic hydroxyl groups excluding tert-OH is 4. The van der Waals surface area contributed by atoms with Crippen LogP contribution < -0.4 is 5.32 Å². The Balaban J connectivity index is 1.98. The van der Waals surface area contributed by atoms with Gasteiger partial charge in [0.25, 0.3) is 11.5 Å². The Morgan fingerprint density at radius 3 is 2.38 bits per heavy atom. The van der Waals surface area contributed by atoms with E-state index in [9.17, 15) is 34.8 Å². The summed E-state index contributed by atoms with van der Waals surface area (Å²) in [6.07, 6.45) is -4.08. The van der Waals surface area contributed by atoms with Crippen LogP contribution in [-0.2, 0) is 19.1 Å². The van der Waals surface area contributed by atoms with E-state index in [4.69, 9.17) is 9.47 Å². The van der Waals surface area contributed by atoms with Crippen LogP contribution in [0.2, 0.25) is 0 Å². The van der Waals surface area contributed by atoms with Crippen molar-refractivity contribution >= 4 is 17.5 Å². The number of benzene rings is 1. The third-order valence-corrected chi connectivity index (χ3v) is 5.60. The topological polar surface area (TPSA) is 163 Å². The molecule has 0 saturated carbocycles. The van der Waals surface area contributed by atoms with E-state index >= 15 is 0 Å². The first kappa shape index (κ1) is 23.8. The average Bonchev–Trinajstić information content (AvgIpc) is 3.18. The standard InChI is InChI=1S/C22H25NO9/c1-11(24)9-10-14(25)15(26)16-12(2)17(27)21(32-16)19(29)22(31-3,23-20(21)30)18(28)13-7-5-4-6-8-13/h4-11,14-15,19,24-26,29H,1-3H3,(H,23,30)/b10-9-/t11?,14-,15-,19?,21?,22?/m0/s1. The lowest BCUT2D eigenvalue weighted by molar-refractivity contribution is -0.163. The molecule has 1 amide bonds. The highest BCUT2D eigenvalue weighted by atomic mass is 16.6. The summed E-state index contributed by atoms with van der Waals surface area (Å²) in [5.41, 5.74) is -5.01. The van der Waals surface area contributed by atoms with Gasteiger partial charge in [-0.25, -0.2) is 0 Å². The number of carbonyl (C=O) groups is 3. The SMILES string of the molecule is COC1(C(=O)c2ccccc2)NC(=O)C2(OC([C@@H](O)[C@@H](O)/C=C\C(C)O)=C(C)C2=O)C1O. The number of hydrogen-bond donors (Lipinski definition) is 5. The Bertz CT molecular complexity index is 986. The van der Waals surface area contributed by atoms with Crippen molar-refractivity contribution in [1.82, 2.24) is 5.32 Å². The number of carbonyl (C=O) groups excluding carboxylic acids is 3. The minimum Gasteiger partial charge on any atom is -0.467 e. The molecular weight excluding hydrogens is 422 g/mol. The van der Waals surface area contributed by atoms with E-state index in [0.29, 0.717) is 0 Å². The molecule has 0 aromatic heterocycles. The van der Waals surface area contributed by atoms with E-state index in [-0.39, 0.29) is 11.1 Å². The first-order chi connectivity index (χ1) is 15.0. The second-order valence-electron chi connectivity index (χ2n) is 7.71. The monoisotopic (exact) mass is 447 g/mol. The number of aliphatic hydroxyl groups is 4. The van der Waals surface area contributed by atoms with Crippen molar-refractivity contribution < 1.29 is 44.3 Å². The zero-order valence-corrected chi connectivity index (χ0v) is 17.7. The highest BCUT2D eigenvalue weighted by Crippen LogP contribution is 2.44. The Morgan fingerprint density at radius 2 is 1.81 bits per heavy atom. The number of Topliss-reactive ketones (excluding diaryl/α,β-unsaturated/α-hetero) is 2. The van der Waals surface area contributed by atoms with Crippen LogP contribution in [-0.4, -0.2) is 80.8 Å². The number of rotatable bonds is 7. The molecule has 10 heteroatoms. The summed E-state index contributed by atoms with van der Waals surface area (Å²) in [6, 6.07) is 7.73. The third kappa shape index (κ3) is 3.46. The molecule has 2 heterocycles. The Hall–Kier alpha value is -2.89. The van der Waals surface area contributed by atoms with E-state index in [1.54, 1.807) is 18.2 Å². The third-order valence-electron chi connectivity index (χ3n) is 5.60. The summed E-state index contributed by atoms with van der Waals surface area (Å²) in [6.45, 7) is 2.69. The van der Waals surface area contributed by atoms with E-state index in [2.05, 4.69) is 5.32 Å². The molecular formula is C22H25NO9. The van der Waals surface area contributed by atoms with Crippen LogP contribution in [0, 0.1) is 0 Å². The molecule has 32 heavy (non-hydrogen) atoms. The van der Waals surface area contributed by atoms with Gasteiger partial charge in [-0.15, -0.1) is 0 Å². The van der Waals surface area contributed by atoms with Crippen molar-refractivity contribution in [2.24, 2.45) is 0 Å². The zero-order valence-electron chi connectivity index (χ0n) is 17.7. The van der Waals surface area contributed by atoms with Gasteiger partial charge in [0.05, 0.1) is 6.10 Å². The molecule has 2 aliphatic heterocycles. The lowest BCUT2D eigenvalue weighted by Gasteiger charge is -2.32. The Labute approximate surface area is 183 Å². The maximum Gasteiger partial charge on any atom is 0.278 e. The van der Waals surface area contributed by atoms with Crippen LogP contribution in [0.25, 0.3) is 0 Å². The first-order valence-electron chi connectivity index (χ1n) is 9.85. The van der Waals surface area contributed by atoms with Gasteiger partial charge in [-0.3, -0.25) is 14.4 Å². The molecule has 1 spiro atoms. The lowest BCUT2D eigenvalue weighted by Crippen LogP contribution is -2.60. The minimum absolute atomic E-state index is 0.111. The van der Waals surface area contributed by atoms with Crippen molar-refractivity contribution in [3.63, 3.8) is 0 Å². The van der Waals surface area contributed by atoms with Gasteiger partial charge in [0, 0.05) is 18.2 Å². The maximum atomic E-state index is 13.2. The van der Waals surface area contributed by atoms with E-state index in [0.717, 1.165) is 13.2 Å². The summed E-state index contributed by atoms with van der Waals surface area (Å²) in [7, 11) is 1.09. The van der Waals surface area contributed by atoms with E-state index < -0.39 is 59.0 Å². The Kier molecular flexibility index (Phi) is 6.36. The van der Waals surface area contributed by atoms with Crippen molar-refractivity contribution in [2.75, 3.05) is 7.11 Å². The number of hydrogen-bond acceptors (Lipinski definition) is 9. The molecule has 0 radical (unpaired) electrons. The van der Waals surface area contributed by atoms with Gasteiger partial charge in [0.2, 0.25) is 17.3 Å². The quantitative estimate of drug-likeness (QED) is 0.200. The summed E-state index contributed by atoms with van der Waals surface area (Å²) < 4.78 is 10.8. The lowest BCUT2D eigenvalue weighted by atomic mass is 9.85. The molecule has 2 aliphatic rings. The normalized spacial score (nSPS) is 30.5. The van der Waals surface area contributed by atoms with Gasteiger partial charge in [0.1, 0.15) is 18.0 Å². The molecule has 1 fully saturated rings. The van der Waals surface area contributed by atoms with E-state index in [1.807, 2.05) is 0 Å². The molecule has 1 aromatic carbocycles. The molecule has 1 aromatic rings. The van der Waals surface area contributed by atoms with Crippen LogP contribution in [0.15, 0.2) is 53.8 Å². The molecule has 4 unspecified atom stereocenters. The fourth-order valence-electron chi connectivity index (χ4n) is 3.81. The largest absolute Gasteiger partial charge is 0.467 e. The number of nitrogens with one attached hydrogen (secondary N) is 1. The molecule has 0 bridgehead atoms. The highest BCUT2D eigenvalue weighted by molar-refractivity contribution is 6.23. The molecule has 5 N–H and O–H groups in total. The molecule has 1 saturated heterocycles. The summed E-state index contributed by atoms with van der Waals surface area (Å²) >= 11 is 0. The van der Waals surface area contributed by atoms with Crippen molar-refractivity contribution in [3.8, 4) is 0 Å². The molecule has 0 aliphatic carbocycles. The Morgan fingerprint density at radius 1 is 1.19 bits per heavy atom. The molecule has 6 atom stereocenters. The van der Waals surface area contributed by atoms with E-state index in [1.165, 1.54) is 32.1 Å². The van der Waals surface area contributed by atoms with Crippen LogP contribution in [0.1, 0.15) is 24.2 Å². The number of methoxy groups -OCH3 is 1. The van der Waals surface area contributed by atoms with Gasteiger partial charge >= 0.3 is 0 Å². The van der Waals surface area contributed by atoms with Gasteiger partial charge in [-0.2, -0.15) is 0 Å². The molecule has 172 valence electrons. The molecule has 10 nitrogen and oxygen atoms in total. The first-order valence-corrected chi connectivity index (χ1v) is 9.85. The minimum atomic E-state index is -2.59. The molecule has 3 rings (SSSR count). The second kappa shape index (κ2) is 8.57. The second-order valence-corrected chi connectivity index (χ2v) is 7.71. The van der Waals surface area contributed by atoms with Crippen LogP contribution in [0.4, 0.5) is 0 Å². The smallest absolute Gasteiger partial charge is 0.278 e. The highest BCUT2D eigenvalue weighted by Gasteiger charge is 2.74. The van der Waals surface area contributed by atoms with Crippen molar-refractivity contribution in [1.29, 1.82) is 0 Å². The summed E-state index contributed by atoms with van der Waals surface area (Å²) in [4.78, 5) is 39.2. The van der Waals surface area contributed by atoms with Gasteiger partial charge in [-0.1, -0.05) is 42.5 Å². The predicted molar refractivity (Wildman–Crippen MR) is 109 cm³/mol. The fourth-order valence-corrected chi connectivity index (χ4v) is 3.81. The van der Waals surface area contributed by atoms with Crippen LogP contribution in [0.5, 0.6) is 0 Å². The van der Waals surface area contributed by atoms with Crippen LogP contribution in [0.3, 0.4) is 0 Å².